The van der Waals surface area contributed by atoms with Crippen LogP contribution in [0.3, 0.4) is 0 Å². The van der Waals surface area contributed by atoms with Gasteiger partial charge in [0, 0.05) is 24.4 Å². The van der Waals surface area contributed by atoms with Crippen molar-refractivity contribution in [2.45, 2.75) is 98.8 Å². The van der Waals surface area contributed by atoms with Crippen LogP contribution in [-0.2, 0) is 15.0 Å². The first kappa shape index (κ1) is 28.6. The molecule has 35 heavy (non-hydrogen) atoms. The average Bonchev–Trinajstić information content (AvgIpc) is 3.20. The van der Waals surface area contributed by atoms with Crippen LogP contribution in [0.4, 0.5) is 5.82 Å². The fraction of sp³-hybridized carbons (Fsp3) is 0.621. The number of carbonyl (C=O) groups is 2. The van der Waals surface area contributed by atoms with Gasteiger partial charge in [-0.15, -0.1) is 0 Å². The van der Waals surface area contributed by atoms with E-state index in [2.05, 4.69) is 46.9 Å². The lowest BCUT2D eigenvalue weighted by Crippen LogP contribution is -2.39. The minimum atomic E-state index is -0.191. The summed E-state index contributed by atoms with van der Waals surface area (Å²) in [4.78, 5) is 27.9. The molecule has 0 unspecified atom stereocenters. The molecule has 1 N–H and O–H groups in total. The monoisotopic (exact) mass is 482 g/mol. The highest BCUT2D eigenvalue weighted by molar-refractivity contribution is 5.94. The van der Waals surface area contributed by atoms with Gasteiger partial charge in [-0.25, -0.2) is 4.68 Å². The molecule has 6 heteroatoms. The Labute approximate surface area is 212 Å². The van der Waals surface area contributed by atoms with E-state index in [9.17, 15) is 9.59 Å². The third-order valence-electron chi connectivity index (χ3n) is 6.25. The zero-order chi connectivity index (χ0) is 26.0. The van der Waals surface area contributed by atoms with Crippen molar-refractivity contribution in [3.8, 4) is 5.69 Å². The highest BCUT2D eigenvalue weighted by Crippen LogP contribution is 2.27. The van der Waals surface area contributed by atoms with Crippen LogP contribution in [0.2, 0.25) is 0 Å². The molecular weight excluding hydrogens is 436 g/mol. The molecule has 6 nitrogen and oxygen atoms in total. The Kier molecular flexibility index (Phi) is 11.0. The first-order valence-corrected chi connectivity index (χ1v) is 13.3. The fourth-order valence-corrected chi connectivity index (χ4v) is 3.92. The van der Waals surface area contributed by atoms with Crippen molar-refractivity contribution >= 4 is 17.6 Å². The summed E-state index contributed by atoms with van der Waals surface area (Å²) in [5, 5.41) is 7.88. The second kappa shape index (κ2) is 13.5. The second-order valence-electron chi connectivity index (χ2n) is 11.1. The molecule has 0 aliphatic rings. The van der Waals surface area contributed by atoms with Gasteiger partial charge in [-0.2, -0.15) is 5.10 Å². The van der Waals surface area contributed by atoms with E-state index in [1.165, 1.54) is 12.8 Å². The van der Waals surface area contributed by atoms with Crippen LogP contribution >= 0.6 is 0 Å². The Morgan fingerprint density at radius 3 is 2.40 bits per heavy atom. The number of anilines is 1. The number of aryl methyl sites for hydroxylation is 1. The lowest BCUT2D eigenvalue weighted by molar-refractivity contribution is -0.135. The molecule has 0 bridgehead atoms. The molecule has 2 amide bonds. The molecule has 0 radical (unpaired) electrons. The van der Waals surface area contributed by atoms with E-state index in [-0.39, 0.29) is 23.8 Å². The Morgan fingerprint density at radius 1 is 1.09 bits per heavy atom. The lowest BCUT2D eigenvalue weighted by Gasteiger charge is -2.23. The third-order valence-corrected chi connectivity index (χ3v) is 6.25. The number of para-hydroxylation sites is 1. The first-order chi connectivity index (χ1) is 16.5. The van der Waals surface area contributed by atoms with Crippen LogP contribution in [0.25, 0.3) is 5.69 Å². The average molecular weight is 483 g/mol. The number of nitrogens with zero attached hydrogens (tertiary/aromatic N) is 3. The van der Waals surface area contributed by atoms with Crippen LogP contribution in [0.5, 0.6) is 0 Å². The lowest BCUT2D eigenvalue weighted by atomic mass is 9.92. The van der Waals surface area contributed by atoms with Crippen molar-refractivity contribution in [2.24, 2.45) is 5.92 Å². The molecule has 1 aromatic carbocycles. The third kappa shape index (κ3) is 9.15. The molecule has 0 spiro atoms. The number of aromatic nitrogens is 2. The molecular formula is C29H46N4O2. The summed E-state index contributed by atoms with van der Waals surface area (Å²) in [6.45, 7) is 15.5. The predicted octanol–water partition coefficient (Wildman–Crippen LogP) is 6.65. The number of nitrogens with one attached hydrogen (secondary N) is 1. The maximum atomic E-state index is 13.2. The van der Waals surface area contributed by atoms with Gasteiger partial charge >= 0.3 is 0 Å². The summed E-state index contributed by atoms with van der Waals surface area (Å²) in [6, 6.07) is 9.94. The van der Waals surface area contributed by atoms with E-state index in [0.717, 1.165) is 42.6 Å². The Bertz CT molecular complexity index is 956. The summed E-state index contributed by atoms with van der Waals surface area (Å²) in [5.74, 6) is 0.975. The number of rotatable bonds is 13. The van der Waals surface area contributed by atoms with Crippen LogP contribution < -0.4 is 5.32 Å². The van der Waals surface area contributed by atoms with Crippen molar-refractivity contribution < 1.29 is 9.59 Å². The summed E-state index contributed by atoms with van der Waals surface area (Å²) in [5.41, 5.74) is 2.74. The molecule has 0 aliphatic heterocycles. The number of amides is 2. The summed E-state index contributed by atoms with van der Waals surface area (Å²) < 4.78 is 1.81. The van der Waals surface area contributed by atoms with Gasteiger partial charge in [-0.05, 0) is 37.3 Å². The minimum absolute atomic E-state index is 0.0598. The van der Waals surface area contributed by atoms with E-state index < -0.39 is 0 Å². The summed E-state index contributed by atoms with van der Waals surface area (Å²) >= 11 is 0. The zero-order valence-corrected chi connectivity index (χ0v) is 23.0. The number of carbonyl (C=O) groups excluding carboxylic acids is 2. The van der Waals surface area contributed by atoms with Gasteiger partial charge in [0.2, 0.25) is 11.8 Å². The molecule has 2 rings (SSSR count). The largest absolute Gasteiger partial charge is 0.333 e. The van der Waals surface area contributed by atoms with Crippen LogP contribution in [-0.4, -0.2) is 39.6 Å². The highest BCUT2D eigenvalue weighted by Gasteiger charge is 2.23. The van der Waals surface area contributed by atoms with Crippen molar-refractivity contribution in [3.63, 3.8) is 0 Å². The first-order valence-electron chi connectivity index (χ1n) is 13.3. The molecule has 0 aliphatic carbocycles. The summed E-state index contributed by atoms with van der Waals surface area (Å²) in [6.07, 6.45) is 6.88. The van der Waals surface area contributed by atoms with Gasteiger partial charge in [-0.1, -0.05) is 85.4 Å². The van der Waals surface area contributed by atoms with Crippen LogP contribution in [0, 0.1) is 12.8 Å². The van der Waals surface area contributed by atoms with E-state index >= 15 is 0 Å². The molecule has 0 fully saturated rings. The van der Waals surface area contributed by atoms with Gasteiger partial charge in [0.25, 0.3) is 0 Å². The molecule has 0 saturated carbocycles. The van der Waals surface area contributed by atoms with Crippen molar-refractivity contribution in [1.29, 1.82) is 0 Å². The maximum absolute atomic E-state index is 13.2. The quantitative estimate of drug-likeness (QED) is 0.325. The fourth-order valence-electron chi connectivity index (χ4n) is 3.92. The molecule has 1 heterocycles. The van der Waals surface area contributed by atoms with Crippen molar-refractivity contribution in [3.05, 3.63) is 41.6 Å². The second-order valence-corrected chi connectivity index (χ2v) is 11.1. The highest BCUT2D eigenvalue weighted by atomic mass is 16.2. The number of hydrogen-bond donors (Lipinski definition) is 1. The van der Waals surface area contributed by atoms with Crippen LogP contribution in [0.15, 0.2) is 30.3 Å². The van der Waals surface area contributed by atoms with Gasteiger partial charge in [0.05, 0.1) is 17.9 Å². The van der Waals surface area contributed by atoms with Gasteiger partial charge in [-0.3, -0.25) is 9.59 Å². The topological polar surface area (TPSA) is 67.2 Å². The number of hydrogen-bond acceptors (Lipinski definition) is 3. The molecule has 0 saturated heterocycles. The van der Waals surface area contributed by atoms with Gasteiger partial charge < -0.3 is 10.2 Å². The Balaban J connectivity index is 2.18. The van der Waals surface area contributed by atoms with E-state index in [0.29, 0.717) is 24.7 Å². The molecule has 2 aromatic rings. The zero-order valence-electron chi connectivity index (χ0n) is 23.0. The molecule has 194 valence electrons. The minimum Gasteiger partial charge on any atom is -0.333 e. The van der Waals surface area contributed by atoms with Gasteiger partial charge in [0.15, 0.2) is 0 Å². The predicted molar refractivity (Wildman–Crippen MR) is 145 cm³/mol. The van der Waals surface area contributed by atoms with Gasteiger partial charge in [0.1, 0.15) is 5.82 Å². The Morgan fingerprint density at radius 2 is 1.77 bits per heavy atom. The van der Waals surface area contributed by atoms with E-state index in [4.69, 9.17) is 5.10 Å². The van der Waals surface area contributed by atoms with Crippen LogP contribution in [0.1, 0.15) is 97.7 Å². The Hall–Kier alpha value is -2.63. The SMILES string of the molecule is CCCCCCCC(=O)N(CCC(C)C)CC(=O)Nc1cc(C(C)(C)C)nn1-c1ccccc1C. The van der Waals surface area contributed by atoms with E-state index in [1.807, 2.05) is 41.9 Å². The standard InChI is InChI=1S/C29H46N4O2/c1-8-9-10-11-12-17-28(35)32(19-18-22(2)3)21-27(34)30-26-20-25(29(5,6)7)31-33(26)24-16-14-13-15-23(24)4/h13-16,20,22H,8-12,17-19,21H2,1-7H3,(H,30,34). The van der Waals surface area contributed by atoms with Crippen molar-refractivity contribution in [2.75, 3.05) is 18.4 Å². The molecule has 0 atom stereocenters. The normalized spacial score (nSPS) is 11.7. The summed E-state index contributed by atoms with van der Waals surface area (Å²) in [7, 11) is 0. The van der Waals surface area contributed by atoms with Crippen molar-refractivity contribution in [1.82, 2.24) is 14.7 Å². The smallest absolute Gasteiger partial charge is 0.245 e. The maximum Gasteiger partial charge on any atom is 0.245 e. The number of benzene rings is 1. The number of unbranched alkanes of at least 4 members (excludes halogenated alkanes) is 4. The van der Waals surface area contributed by atoms with E-state index in [1.54, 1.807) is 4.90 Å². The molecule has 1 aromatic heterocycles.